The molecule has 1 N–H and O–H groups in total. The predicted molar refractivity (Wildman–Crippen MR) is 101 cm³/mol. The molecule has 7 heteroatoms. The molecule has 0 saturated heterocycles. The summed E-state index contributed by atoms with van der Waals surface area (Å²) in [4.78, 5) is 17.1. The van der Waals surface area contributed by atoms with Crippen LogP contribution in [0.4, 0.5) is 13.2 Å². The molecule has 0 radical (unpaired) electrons. The molecule has 0 amide bonds. The number of nitrogens with zero attached hydrogens (tertiary/aromatic N) is 2. The van der Waals surface area contributed by atoms with Crippen LogP contribution >= 0.6 is 0 Å². The van der Waals surface area contributed by atoms with Crippen molar-refractivity contribution in [2.75, 3.05) is 0 Å². The van der Waals surface area contributed by atoms with Gasteiger partial charge in [0.2, 0.25) is 0 Å². The maximum Gasteiger partial charge on any atom is 0.416 e. The molecule has 0 bridgehead atoms. The molecule has 1 aromatic heterocycles. The van der Waals surface area contributed by atoms with Gasteiger partial charge in [0.25, 0.3) is 5.56 Å². The van der Waals surface area contributed by atoms with Crippen molar-refractivity contribution in [2.24, 2.45) is 0 Å². The summed E-state index contributed by atoms with van der Waals surface area (Å²) in [5.74, 6) is 0.620. The summed E-state index contributed by atoms with van der Waals surface area (Å²) in [5, 5.41) is 10.1. The molecular weight excluding hydrogens is 369 g/mol. The molecule has 1 aliphatic rings. The van der Waals surface area contributed by atoms with Gasteiger partial charge < -0.3 is 5.11 Å². The third kappa shape index (κ3) is 2.96. The second-order valence-corrected chi connectivity index (χ2v) is 7.04. The molecule has 28 heavy (non-hydrogen) atoms. The van der Waals surface area contributed by atoms with Gasteiger partial charge >= 0.3 is 6.18 Å². The van der Waals surface area contributed by atoms with E-state index >= 15 is 0 Å². The normalized spacial score (nSPS) is 15.4. The van der Waals surface area contributed by atoms with Crippen LogP contribution in [0, 0.1) is 13.8 Å². The lowest BCUT2D eigenvalue weighted by Crippen LogP contribution is -2.21. The Hall–Kier alpha value is -3.09. The molecule has 0 saturated carbocycles. The molecule has 4 nitrogen and oxygen atoms in total. The van der Waals surface area contributed by atoms with E-state index < -0.39 is 11.7 Å². The Kier molecular flexibility index (Phi) is 4.06. The first kappa shape index (κ1) is 18.3. The molecule has 144 valence electrons. The number of rotatable bonds is 1. The molecule has 3 aromatic rings. The fraction of sp³-hybridized carbons (Fsp3) is 0.238. The third-order valence-electron chi connectivity index (χ3n) is 5.03. The van der Waals surface area contributed by atoms with Crippen LogP contribution in [0.5, 0.6) is 5.75 Å². The summed E-state index contributed by atoms with van der Waals surface area (Å²) in [7, 11) is 0. The van der Waals surface area contributed by atoms with E-state index in [1.165, 1.54) is 10.6 Å². The quantitative estimate of drug-likeness (QED) is 0.661. The third-order valence-corrected chi connectivity index (χ3v) is 5.03. The molecule has 2 heterocycles. The average molecular weight is 386 g/mol. The fourth-order valence-corrected chi connectivity index (χ4v) is 3.60. The van der Waals surface area contributed by atoms with Gasteiger partial charge in [-0.05, 0) is 78.9 Å². The van der Waals surface area contributed by atoms with E-state index in [4.69, 9.17) is 0 Å². The monoisotopic (exact) mass is 386 g/mol. The van der Waals surface area contributed by atoms with Crippen molar-refractivity contribution in [3.8, 4) is 5.75 Å². The summed E-state index contributed by atoms with van der Waals surface area (Å²) in [6.07, 6.45) is -2.07. The summed E-state index contributed by atoms with van der Waals surface area (Å²) in [6, 6.07) is 6.65. The lowest BCUT2D eigenvalue weighted by molar-refractivity contribution is -0.137. The highest BCUT2D eigenvalue weighted by Crippen LogP contribution is 2.33. The van der Waals surface area contributed by atoms with Crippen LogP contribution in [0.1, 0.15) is 34.5 Å². The Balaban J connectivity index is 1.88. The van der Waals surface area contributed by atoms with Crippen LogP contribution in [0.25, 0.3) is 22.6 Å². The first-order chi connectivity index (χ1) is 13.1. The van der Waals surface area contributed by atoms with Crippen molar-refractivity contribution in [1.29, 1.82) is 0 Å². The van der Waals surface area contributed by atoms with Gasteiger partial charge in [0.05, 0.1) is 16.5 Å². The molecular formula is C21H17F3N2O2. The van der Waals surface area contributed by atoms with E-state index in [9.17, 15) is 23.1 Å². The summed E-state index contributed by atoms with van der Waals surface area (Å²) < 4.78 is 40.6. The Bertz CT molecular complexity index is 1180. The standard InChI is InChI=1S/C21H17F3N2O2/c1-11-7-13(8-12(2)18(11)27)9-14-5-6-26-19(14)25-17-10-15(21(22,23)24)3-4-16(17)20(26)28/h3-4,7-10,27H,5-6H2,1-2H3/b14-9+. The van der Waals surface area contributed by atoms with Crippen molar-refractivity contribution >= 4 is 22.6 Å². The number of aromatic hydroxyl groups is 1. The highest BCUT2D eigenvalue weighted by Gasteiger charge is 2.31. The van der Waals surface area contributed by atoms with Gasteiger partial charge in [0, 0.05) is 6.54 Å². The van der Waals surface area contributed by atoms with Crippen molar-refractivity contribution < 1.29 is 18.3 Å². The zero-order valence-electron chi connectivity index (χ0n) is 15.3. The lowest BCUT2D eigenvalue weighted by atomic mass is 10.0. The van der Waals surface area contributed by atoms with Gasteiger partial charge in [0.15, 0.2) is 0 Å². The lowest BCUT2D eigenvalue weighted by Gasteiger charge is -2.10. The van der Waals surface area contributed by atoms with E-state index in [1.54, 1.807) is 13.8 Å². The molecule has 0 spiro atoms. The van der Waals surface area contributed by atoms with E-state index in [0.717, 1.165) is 34.4 Å². The van der Waals surface area contributed by atoms with Gasteiger partial charge in [-0.2, -0.15) is 13.2 Å². The van der Waals surface area contributed by atoms with Crippen LogP contribution in [0.2, 0.25) is 0 Å². The Morgan fingerprint density at radius 1 is 1.14 bits per heavy atom. The van der Waals surface area contributed by atoms with E-state index in [0.29, 0.717) is 18.8 Å². The number of hydrogen-bond acceptors (Lipinski definition) is 3. The van der Waals surface area contributed by atoms with E-state index in [2.05, 4.69) is 4.98 Å². The van der Waals surface area contributed by atoms with Gasteiger partial charge in [-0.15, -0.1) is 0 Å². The summed E-state index contributed by atoms with van der Waals surface area (Å²) >= 11 is 0. The number of alkyl halides is 3. The summed E-state index contributed by atoms with van der Waals surface area (Å²) in [6.45, 7) is 4.02. The first-order valence-electron chi connectivity index (χ1n) is 8.78. The van der Waals surface area contributed by atoms with Crippen molar-refractivity contribution in [3.05, 3.63) is 68.8 Å². The smallest absolute Gasteiger partial charge is 0.416 e. The zero-order valence-corrected chi connectivity index (χ0v) is 15.3. The highest BCUT2D eigenvalue weighted by molar-refractivity contribution is 5.85. The van der Waals surface area contributed by atoms with Crippen LogP contribution in [-0.4, -0.2) is 14.7 Å². The number of fused-ring (bicyclic) bond motifs is 2. The van der Waals surface area contributed by atoms with Crippen LogP contribution in [0.3, 0.4) is 0 Å². The molecule has 0 fully saturated rings. The van der Waals surface area contributed by atoms with Crippen molar-refractivity contribution in [1.82, 2.24) is 9.55 Å². The topological polar surface area (TPSA) is 55.1 Å². The minimum Gasteiger partial charge on any atom is -0.507 e. The number of phenolic OH excluding ortho intramolecular Hbond substituents is 1. The second kappa shape index (κ2) is 6.22. The van der Waals surface area contributed by atoms with Gasteiger partial charge in [-0.25, -0.2) is 4.98 Å². The molecule has 4 rings (SSSR count). The van der Waals surface area contributed by atoms with Crippen molar-refractivity contribution in [2.45, 2.75) is 33.0 Å². The minimum absolute atomic E-state index is 0.0388. The molecule has 1 aliphatic heterocycles. The Morgan fingerprint density at radius 3 is 2.46 bits per heavy atom. The van der Waals surface area contributed by atoms with Gasteiger partial charge in [0.1, 0.15) is 11.6 Å². The zero-order chi connectivity index (χ0) is 20.2. The fourth-order valence-electron chi connectivity index (χ4n) is 3.60. The van der Waals surface area contributed by atoms with Crippen LogP contribution < -0.4 is 5.56 Å². The molecule has 0 unspecified atom stereocenters. The van der Waals surface area contributed by atoms with E-state index in [-0.39, 0.29) is 22.2 Å². The van der Waals surface area contributed by atoms with Crippen molar-refractivity contribution in [3.63, 3.8) is 0 Å². The Morgan fingerprint density at radius 2 is 1.82 bits per heavy atom. The number of halogens is 3. The number of allylic oxidation sites excluding steroid dienone is 1. The number of aryl methyl sites for hydroxylation is 2. The number of hydrogen-bond donors (Lipinski definition) is 1. The number of benzene rings is 2. The van der Waals surface area contributed by atoms with Crippen LogP contribution in [-0.2, 0) is 12.7 Å². The summed E-state index contributed by atoms with van der Waals surface area (Å²) in [5.41, 5.74) is 1.94. The SMILES string of the molecule is Cc1cc(/C=C2\CCn3c2nc2cc(C(F)(F)F)ccc2c3=O)cc(C)c1O. The molecule has 0 aliphatic carbocycles. The van der Waals surface area contributed by atoms with Gasteiger partial charge in [-0.1, -0.05) is 0 Å². The largest absolute Gasteiger partial charge is 0.507 e. The Labute approximate surface area is 158 Å². The second-order valence-electron chi connectivity index (χ2n) is 7.04. The average Bonchev–Trinajstić information content (AvgIpc) is 3.01. The predicted octanol–water partition coefficient (Wildman–Crippen LogP) is 4.68. The maximum atomic E-state index is 13.0. The molecule has 2 aromatic carbocycles. The molecule has 0 atom stereocenters. The van der Waals surface area contributed by atoms with Gasteiger partial charge in [-0.3, -0.25) is 9.36 Å². The maximum absolute atomic E-state index is 13.0. The number of aromatic nitrogens is 2. The minimum atomic E-state index is -4.50. The van der Waals surface area contributed by atoms with Crippen LogP contribution in [0.15, 0.2) is 35.1 Å². The van der Waals surface area contributed by atoms with E-state index in [1.807, 2.05) is 18.2 Å². The number of phenols is 1. The first-order valence-corrected chi connectivity index (χ1v) is 8.78. The highest BCUT2D eigenvalue weighted by atomic mass is 19.4.